The molecule has 2 amide bonds. The Kier molecular flexibility index (Phi) is 3.14. The summed E-state index contributed by atoms with van der Waals surface area (Å²) in [5.74, 6) is 0.583. The van der Waals surface area contributed by atoms with Gasteiger partial charge in [0.1, 0.15) is 11.9 Å². The lowest BCUT2D eigenvalue weighted by atomic mass is 10.2. The zero-order valence-corrected chi connectivity index (χ0v) is 11.2. The first-order chi connectivity index (χ1) is 9.65. The van der Waals surface area contributed by atoms with E-state index < -0.39 is 6.04 Å². The van der Waals surface area contributed by atoms with Crippen molar-refractivity contribution < 1.29 is 9.59 Å². The van der Waals surface area contributed by atoms with Crippen LogP contribution in [0.5, 0.6) is 0 Å². The molecule has 0 bridgehead atoms. The van der Waals surface area contributed by atoms with Gasteiger partial charge < -0.3 is 15.2 Å². The molecular weight excluding hydrogens is 256 g/mol. The number of aryl methyl sites for hydroxylation is 1. The molecule has 1 aromatic carbocycles. The minimum Gasteiger partial charge on any atom is -0.347 e. The smallest absolute Gasteiger partial charge is 0.242 e. The van der Waals surface area contributed by atoms with Crippen molar-refractivity contribution >= 4 is 22.8 Å². The summed E-state index contributed by atoms with van der Waals surface area (Å²) < 4.78 is 1.96. The molecule has 1 atom stereocenters. The van der Waals surface area contributed by atoms with Gasteiger partial charge in [-0.25, -0.2) is 4.98 Å². The minimum atomic E-state index is -0.405. The predicted octanol–water partition coefficient (Wildman–Crippen LogP) is 0.468. The van der Waals surface area contributed by atoms with Crippen molar-refractivity contribution in [3.63, 3.8) is 0 Å². The Labute approximate surface area is 116 Å². The Morgan fingerprint density at radius 2 is 2.30 bits per heavy atom. The highest BCUT2D eigenvalue weighted by molar-refractivity contribution is 5.90. The SMILES string of the molecule is Cn1c(CNC(=O)C2CCC(=O)N2)nc2ccccc21. The Hall–Kier alpha value is -2.37. The average Bonchev–Trinajstić information content (AvgIpc) is 3.01. The first kappa shape index (κ1) is 12.7. The van der Waals surface area contributed by atoms with Crippen LogP contribution in [0, 0.1) is 0 Å². The van der Waals surface area contributed by atoms with E-state index >= 15 is 0 Å². The summed E-state index contributed by atoms with van der Waals surface area (Å²) in [6, 6.07) is 7.42. The lowest BCUT2D eigenvalue weighted by molar-refractivity contribution is -0.125. The molecule has 20 heavy (non-hydrogen) atoms. The molecule has 104 valence electrons. The first-order valence-corrected chi connectivity index (χ1v) is 6.62. The Morgan fingerprint density at radius 1 is 1.50 bits per heavy atom. The van der Waals surface area contributed by atoms with E-state index in [1.165, 1.54) is 0 Å². The van der Waals surface area contributed by atoms with Gasteiger partial charge in [0.05, 0.1) is 17.6 Å². The van der Waals surface area contributed by atoms with Gasteiger partial charge in [-0.3, -0.25) is 9.59 Å². The third-order valence-corrected chi connectivity index (χ3v) is 3.61. The van der Waals surface area contributed by atoms with Gasteiger partial charge >= 0.3 is 0 Å². The summed E-state index contributed by atoms with van der Waals surface area (Å²) in [6.45, 7) is 0.358. The van der Waals surface area contributed by atoms with Crippen LogP contribution in [-0.2, 0) is 23.2 Å². The van der Waals surface area contributed by atoms with E-state index in [1.54, 1.807) is 0 Å². The summed E-state index contributed by atoms with van der Waals surface area (Å²) in [4.78, 5) is 27.5. The molecule has 1 fully saturated rings. The number of hydrogen-bond donors (Lipinski definition) is 2. The molecule has 1 aliphatic heterocycles. The number of para-hydroxylation sites is 2. The molecule has 1 aliphatic rings. The summed E-state index contributed by atoms with van der Waals surface area (Å²) in [5.41, 5.74) is 1.94. The molecule has 6 nitrogen and oxygen atoms in total. The molecule has 0 aliphatic carbocycles. The van der Waals surface area contributed by atoms with Crippen molar-refractivity contribution in [2.24, 2.45) is 7.05 Å². The molecule has 2 aromatic rings. The maximum atomic E-state index is 11.9. The number of carbonyl (C=O) groups excluding carboxylic acids is 2. The van der Waals surface area contributed by atoms with Crippen molar-refractivity contribution in [1.29, 1.82) is 0 Å². The van der Waals surface area contributed by atoms with E-state index in [1.807, 2.05) is 35.9 Å². The fraction of sp³-hybridized carbons (Fsp3) is 0.357. The fourth-order valence-electron chi connectivity index (χ4n) is 2.45. The molecule has 2 heterocycles. The minimum absolute atomic E-state index is 0.0621. The van der Waals surface area contributed by atoms with Crippen LogP contribution in [0.25, 0.3) is 11.0 Å². The highest BCUT2D eigenvalue weighted by Gasteiger charge is 2.27. The maximum Gasteiger partial charge on any atom is 0.242 e. The van der Waals surface area contributed by atoms with Gasteiger partial charge in [0.2, 0.25) is 11.8 Å². The van der Waals surface area contributed by atoms with E-state index in [2.05, 4.69) is 15.6 Å². The Bertz CT molecular complexity index is 677. The number of nitrogens with zero attached hydrogens (tertiary/aromatic N) is 2. The number of nitrogens with one attached hydrogen (secondary N) is 2. The molecule has 1 saturated heterocycles. The second kappa shape index (κ2) is 4.96. The molecule has 0 saturated carbocycles. The standard InChI is InChI=1S/C14H16N4O2/c1-18-11-5-3-2-4-9(11)16-12(18)8-15-14(20)10-6-7-13(19)17-10/h2-5,10H,6-8H2,1H3,(H,15,20)(H,17,19). The third kappa shape index (κ3) is 2.24. The van der Waals surface area contributed by atoms with Crippen LogP contribution in [0.3, 0.4) is 0 Å². The average molecular weight is 272 g/mol. The lowest BCUT2D eigenvalue weighted by Crippen LogP contribution is -2.41. The molecular formula is C14H16N4O2. The molecule has 1 aromatic heterocycles. The Balaban J connectivity index is 1.69. The number of fused-ring (bicyclic) bond motifs is 1. The third-order valence-electron chi connectivity index (χ3n) is 3.61. The monoisotopic (exact) mass is 272 g/mol. The van der Waals surface area contributed by atoms with Crippen LogP contribution < -0.4 is 10.6 Å². The number of aromatic nitrogens is 2. The molecule has 6 heteroatoms. The predicted molar refractivity (Wildman–Crippen MR) is 73.7 cm³/mol. The van der Waals surface area contributed by atoms with Gasteiger partial charge in [-0.2, -0.15) is 0 Å². The highest BCUT2D eigenvalue weighted by atomic mass is 16.2. The van der Waals surface area contributed by atoms with E-state index in [4.69, 9.17) is 0 Å². The molecule has 0 radical (unpaired) electrons. The highest BCUT2D eigenvalue weighted by Crippen LogP contribution is 2.14. The fourth-order valence-corrected chi connectivity index (χ4v) is 2.45. The van der Waals surface area contributed by atoms with E-state index in [9.17, 15) is 9.59 Å². The number of rotatable bonds is 3. The van der Waals surface area contributed by atoms with Crippen LogP contribution in [0.4, 0.5) is 0 Å². The molecule has 3 rings (SSSR count). The van der Waals surface area contributed by atoms with Crippen molar-refractivity contribution in [2.75, 3.05) is 0 Å². The van der Waals surface area contributed by atoms with Gasteiger partial charge in [0.25, 0.3) is 0 Å². The van der Waals surface area contributed by atoms with Crippen LogP contribution in [-0.4, -0.2) is 27.4 Å². The molecule has 0 spiro atoms. The first-order valence-electron chi connectivity index (χ1n) is 6.62. The summed E-state index contributed by atoms with van der Waals surface area (Å²) in [6.07, 6.45) is 0.984. The van der Waals surface area contributed by atoms with Crippen LogP contribution in [0.15, 0.2) is 24.3 Å². The van der Waals surface area contributed by atoms with Crippen LogP contribution in [0.1, 0.15) is 18.7 Å². The summed E-state index contributed by atoms with van der Waals surface area (Å²) in [7, 11) is 1.92. The van der Waals surface area contributed by atoms with E-state index in [0.717, 1.165) is 16.9 Å². The van der Waals surface area contributed by atoms with E-state index in [0.29, 0.717) is 19.4 Å². The zero-order chi connectivity index (χ0) is 14.1. The molecule has 2 N–H and O–H groups in total. The summed E-state index contributed by atoms with van der Waals surface area (Å²) >= 11 is 0. The number of imidazole rings is 1. The topological polar surface area (TPSA) is 76.0 Å². The lowest BCUT2D eigenvalue weighted by Gasteiger charge is -2.10. The van der Waals surface area contributed by atoms with Crippen LogP contribution >= 0.6 is 0 Å². The van der Waals surface area contributed by atoms with Gasteiger partial charge in [-0.05, 0) is 18.6 Å². The summed E-state index contributed by atoms with van der Waals surface area (Å²) in [5, 5.41) is 5.48. The number of hydrogen-bond acceptors (Lipinski definition) is 3. The second-order valence-electron chi connectivity index (χ2n) is 4.95. The van der Waals surface area contributed by atoms with Crippen LogP contribution in [0.2, 0.25) is 0 Å². The van der Waals surface area contributed by atoms with Gasteiger partial charge in [0.15, 0.2) is 0 Å². The van der Waals surface area contributed by atoms with E-state index in [-0.39, 0.29) is 11.8 Å². The second-order valence-corrected chi connectivity index (χ2v) is 4.95. The zero-order valence-electron chi connectivity index (χ0n) is 11.2. The maximum absolute atomic E-state index is 11.9. The van der Waals surface area contributed by atoms with Crippen molar-refractivity contribution in [1.82, 2.24) is 20.2 Å². The van der Waals surface area contributed by atoms with Crippen molar-refractivity contribution in [2.45, 2.75) is 25.4 Å². The largest absolute Gasteiger partial charge is 0.347 e. The number of carbonyl (C=O) groups is 2. The Morgan fingerprint density at radius 3 is 3.00 bits per heavy atom. The number of amides is 2. The van der Waals surface area contributed by atoms with Gasteiger partial charge in [0, 0.05) is 13.5 Å². The number of benzene rings is 1. The normalized spacial score (nSPS) is 18.2. The molecule has 1 unspecified atom stereocenters. The quantitative estimate of drug-likeness (QED) is 0.852. The van der Waals surface area contributed by atoms with Crippen molar-refractivity contribution in [3.8, 4) is 0 Å². The van der Waals surface area contributed by atoms with Gasteiger partial charge in [-0.15, -0.1) is 0 Å². The van der Waals surface area contributed by atoms with Gasteiger partial charge in [-0.1, -0.05) is 12.1 Å². The van der Waals surface area contributed by atoms with Crippen molar-refractivity contribution in [3.05, 3.63) is 30.1 Å².